The fourth-order valence-electron chi connectivity index (χ4n) is 5.23. The lowest BCUT2D eigenvalue weighted by Crippen LogP contribution is -2.29. The number of thiocarbonyl (C=S) groups is 1. The second-order valence-corrected chi connectivity index (χ2v) is 9.97. The van der Waals surface area contributed by atoms with Crippen molar-refractivity contribution in [2.24, 2.45) is 0 Å². The lowest BCUT2D eigenvalue weighted by molar-refractivity contribution is -0.137. The van der Waals surface area contributed by atoms with E-state index >= 15 is 0 Å². The Balaban J connectivity index is 1.68. The third-order valence-electron chi connectivity index (χ3n) is 6.98. The quantitative estimate of drug-likeness (QED) is 0.286. The van der Waals surface area contributed by atoms with Crippen molar-refractivity contribution in [2.75, 3.05) is 23.9 Å². The molecule has 0 amide bonds. The van der Waals surface area contributed by atoms with E-state index in [0.29, 0.717) is 16.5 Å². The van der Waals surface area contributed by atoms with Crippen molar-refractivity contribution in [3.8, 4) is 5.69 Å². The molecular formula is C29H28F3N5S. The first-order valence-corrected chi connectivity index (χ1v) is 12.6. The fourth-order valence-corrected chi connectivity index (χ4v) is 5.57. The molecule has 196 valence electrons. The van der Waals surface area contributed by atoms with Crippen molar-refractivity contribution in [3.05, 3.63) is 107 Å². The van der Waals surface area contributed by atoms with E-state index in [1.165, 1.54) is 12.1 Å². The van der Waals surface area contributed by atoms with Crippen LogP contribution in [-0.4, -0.2) is 28.8 Å². The number of hydrogen-bond donors (Lipinski definition) is 1. The summed E-state index contributed by atoms with van der Waals surface area (Å²) in [5, 5.41) is 3.96. The molecule has 3 heterocycles. The highest BCUT2D eigenvalue weighted by Crippen LogP contribution is 2.44. The summed E-state index contributed by atoms with van der Waals surface area (Å²) in [4.78, 5) is 8.64. The molecule has 1 aliphatic heterocycles. The number of halogens is 3. The number of para-hydroxylation sites is 1. The minimum atomic E-state index is -4.48. The van der Waals surface area contributed by atoms with Crippen LogP contribution >= 0.6 is 12.2 Å². The number of aryl methyl sites for hydroxylation is 1. The molecule has 5 rings (SSSR count). The van der Waals surface area contributed by atoms with Crippen molar-refractivity contribution in [1.29, 1.82) is 0 Å². The van der Waals surface area contributed by atoms with Crippen LogP contribution in [0.4, 0.5) is 24.5 Å². The Labute approximate surface area is 225 Å². The van der Waals surface area contributed by atoms with Crippen LogP contribution in [0.3, 0.4) is 0 Å². The minimum absolute atomic E-state index is 0.103. The Hall–Kier alpha value is -3.85. The van der Waals surface area contributed by atoms with Gasteiger partial charge in [0.05, 0.1) is 29.0 Å². The Kier molecular flexibility index (Phi) is 6.65. The number of aromatic nitrogens is 2. The molecule has 5 nitrogen and oxygen atoms in total. The molecule has 38 heavy (non-hydrogen) atoms. The first-order valence-electron chi connectivity index (χ1n) is 12.2. The highest BCUT2D eigenvalue weighted by Gasteiger charge is 2.43. The van der Waals surface area contributed by atoms with E-state index in [9.17, 15) is 13.2 Å². The van der Waals surface area contributed by atoms with Crippen LogP contribution < -0.4 is 15.1 Å². The Morgan fingerprint density at radius 2 is 1.63 bits per heavy atom. The van der Waals surface area contributed by atoms with Crippen LogP contribution in [0.25, 0.3) is 5.69 Å². The lowest BCUT2D eigenvalue weighted by Gasteiger charge is -2.28. The largest absolute Gasteiger partial charge is 0.418 e. The summed E-state index contributed by atoms with van der Waals surface area (Å²) >= 11 is 5.83. The van der Waals surface area contributed by atoms with Crippen LogP contribution in [0.5, 0.6) is 0 Å². The van der Waals surface area contributed by atoms with Gasteiger partial charge in [0.2, 0.25) is 0 Å². The molecule has 1 fully saturated rings. The van der Waals surface area contributed by atoms with Gasteiger partial charge in [0.1, 0.15) is 0 Å². The summed E-state index contributed by atoms with van der Waals surface area (Å²) in [6, 6.07) is 20.8. The molecule has 0 aliphatic carbocycles. The van der Waals surface area contributed by atoms with Crippen molar-refractivity contribution < 1.29 is 13.2 Å². The van der Waals surface area contributed by atoms with Gasteiger partial charge >= 0.3 is 6.18 Å². The van der Waals surface area contributed by atoms with Gasteiger partial charge in [-0.2, -0.15) is 13.2 Å². The lowest BCUT2D eigenvalue weighted by atomic mass is 9.96. The molecule has 9 heteroatoms. The highest BCUT2D eigenvalue weighted by atomic mass is 32.1. The van der Waals surface area contributed by atoms with E-state index in [4.69, 9.17) is 12.2 Å². The summed E-state index contributed by atoms with van der Waals surface area (Å²) < 4.78 is 43.5. The predicted octanol–water partition coefficient (Wildman–Crippen LogP) is 6.75. The van der Waals surface area contributed by atoms with Gasteiger partial charge in [-0.05, 0) is 86.2 Å². The molecule has 1 aliphatic rings. The van der Waals surface area contributed by atoms with Gasteiger partial charge in [0.15, 0.2) is 5.11 Å². The van der Waals surface area contributed by atoms with Gasteiger partial charge < -0.3 is 19.7 Å². The topological polar surface area (TPSA) is 36.3 Å². The van der Waals surface area contributed by atoms with Crippen molar-refractivity contribution >= 4 is 28.7 Å². The number of nitrogens with zero attached hydrogens (tertiary/aromatic N) is 4. The molecule has 0 bridgehead atoms. The second kappa shape index (κ2) is 9.79. The van der Waals surface area contributed by atoms with Crippen molar-refractivity contribution in [3.63, 3.8) is 0 Å². The average Bonchev–Trinajstić information content (AvgIpc) is 3.39. The molecule has 0 saturated carbocycles. The summed E-state index contributed by atoms with van der Waals surface area (Å²) in [7, 11) is 3.95. The van der Waals surface area contributed by atoms with Gasteiger partial charge in [-0.3, -0.25) is 4.98 Å². The maximum Gasteiger partial charge on any atom is 0.418 e. The highest BCUT2D eigenvalue weighted by molar-refractivity contribution is 7.80. The van der Waals surface area contributed by atoms with Crippen LogP contribution in [0, 0.1) is 13.8 Å². The summed E-state index contributed by atoms with van der Waals surface area (Å²) in [6.07, 6.45) is -2.75. The van der Waals surface area contributed by atoms with Gasteiger partial charge in [-0.1, -0.05) is 18.2 Å². The Bertz CT molecular complexity index is 1460. The second-order valence-electron chi connectivity index (χ2n) is 9.58. The zero-order chi connectivity index (χ0) is 27.2. The van der Waals surface area contributed by atoms with Gasteiger partial charge in [-0.15, -0.1) is 0 Å². The molecule has 2 atom stereocenters. The summed E-state index contributed by atoms with van der Waals surface area (Å²) in [5.41, 5.74) is 4.45. The number of pyridine rings is 1. The first kappa shape index (κ1) is 25.8. The number of nitrogens with one attached hydrogen (secondary N) is 1. The maximum atomic E-state index is 14.0. The van der Waals surface area contributed by atoms with Gasteiger partial charge in [0, 0.05) is 43.1 Å². The van der Waals surface area contributed by atoms with Crippen LogP contribution in [0.15, 0.2) is 79.0 Å². The molecule has 0 unspecified atom stereocenters. The number of benzene rings is 2. The average molecular weight is 536 g/mol. The monoisotopic (exact) mass is 535 g/mol. The number of hydrogen-bond acceptors (Lipinski definition) is 3. The Morgan fingerprint density at radius 3 is 2.26 bits per heavy atom. The van der Waals surface area contributed by atoms with Crippen LogP contribution in [0.2, 0.25) is 0 Å². The van der Waals surface area contributed by atoms with E-state index in [1.807, 2.05) is 86.3 Å². The zero-order valence-electron chi connectivity index (χ0n) is 21.5. The van der Waals surface area contributed by atoms with Gasteiger partial charge in [-0.25, -0.2) is 0 Å². The third-order valence-corrected chi connectivity index (χ3v) is 7.30. The third kappa shape index (κ3) is 4.51. The maximum absolute atomic E-state index is 14.0. The molecule has 4 aromatic rings. The predicted molar refractivity (Wildman–Crippen MR) is 149 cm³/mol. The van der Waals surface area contributed by atoms with E-state index in [0.717, 1.165) is 28.7 Å². The van der Waals surface area contributed by atoms with Crippen molar-refractivity contribution in [1.82, 2.24) is 14.9 Å². The smallest absolute Gasteiger partial charge is 0.378 e. The molecule has 0 radical (unpaired) electrons. The minimum Gasteiger partial charge on any atom is -0.378 e. The first-order chi connectivity index (χ1) is 18.1. The van der Waals surface area contributed by atoms with Crippen LogP contribution in [0.1, 0.15) is 40.3 Å². The standard InChI is InChI=1S/C29H28F3N5S/c1-18-17-22(19(2)36(18)25-11-6-5-9-23(25)29(30,31)32)27-26(24-10-7-8-16-33-24)34-28(38)37(27)21-14-12-20(13-15-21)35(3)4/h5-17,26-27H,1-4H3,(H,34,38)/t26-,27-/m0/s1. The molecule has 2 aromatic carbocycles. The normalized spacial score (nSPS) is 17.6. The van der Waals surface area contributed by atoms with E-state index in [2.05, 4.69) is 10.3 Å². The number of anilines is 2. The van der Waals surface area contributed by atoms with E-state index < -0.39 is 11.7 Å². The summed E-state index contributed by atoms with van der Waals surface area (Å²) in [6.45, 7) is 3.69. The SMILES string of the molecule is Cc1cc([C@H]2[C@H](c3ccccn3)NC(=S)N2c2ccc(N(C)C)cc2)c(C)n1-c1ccccc1C(F)(F)F. The molecular weight excluding hydrogens is 507 g/mol. The van der Waals surface area contributed by atoms with E-state index in [-0.39, 0.29) is 17.8 Å². The zero-order valence-corrected chi connectivity index (χ0v) is 22.3. The Morgan fingerprint density at radius 1 is 0.947 bits per heavy atom. The van der Waals surface area contributed by atoms with Gasteiger partial charge in [0.25, 0.3) is 0 Å². The number of rotatable bonds is 5. The molecule has 1 N–H and O–H groups in total. The number of alkyl halides is 3. The molecule has 0 spiro atoms. The fraction of sp³-hybridized carbons (Fsp3) is 0.241. The van der Waals surface area contributed by atoms with Crippen LogP contribution in [-0.2, 0) is 6.18 Å². The molecule has 1 saturated heterocycles. The van der Waals surface area contributed by atoms with E-state index in [1.54, 1.807) is 16.8 Å². The summed E-state index contributed by atoms with van der Waals surface area (Å²) in [5.74, 6) is 0. The van der Waals surface area contributed by atoms with Crippen molar-refractivity contribution in [2.45, 2.75) is 32.1 Å². The molecule has 2 aromatic heterocycles.